The number of carbonyl (C=O) groups excluding carboxylic acids is 3. The molecule has 6 nitrogen and oxygen atoms in total. The van der Waals surface area contributed by atoms with Crippen LogP contribution in [0.25, 0.3) is 0 Å². The zero-order chi connectivity index (χ0) is 52.9. The number of hydrogen-bond donors (Lipinski definition) is 0. The lowest BCUT2D eigenvalue weighted by Crippen LogP contribution is -2.30. The van der Waals surface area contributed by atoms with Crippen molar-refractivity contribution in [3.05, 3.63) is 122 Å². The summed E-state index contributed by atoms with van der Waals surface area (Å²) in [7, 11) is 0. The molecule has 414 valence electrons. The van der Waals surface area contributed by atoms with Gasteiger partial charge < -0.3 is 14.2 Å². The van der Waals surface area contributed by atoms with Crippen molar-refractivity contribution >= 4 is 17.9 Å². The maximum Gasteiger partial charge on any atom is 0.306 e. The maximum atomic E-state index is 12.8. The molecule has 0 aromatic heterocycles. The first-order chi connectivity index (χ1) is 36.0. The van der Waals surface area contributed by atoms with Crippen molar-refractivity contribution in [1.82, 2.24) is 0 Å². The molecule has 0 spiro atoms. The number of rotatable bonds is 53. The van der Waals surface area contributed by atoms with Gasteiger partial charge in [0.1, 0.15) is 13.2 Å². The molecule has 0 radical (unpaired) electrons. The van der Waals surface area contributed by atoms with Crippen molar-refractivity contribution in [3.8, 4) is 0 Å². The maximum absolute atomic E-state index is 12.8. The number of allylic oxidation sites excluding steroid dienone is 20. The second-order valence-electron chi connectivity index (χ2n) is 19.5. The zero-order valence-electron chi connectivity index (χ0n) is 47.4. The lowest BCUT2D eigenvalue weighted by atomic mass is 10.0. The first-order valence-electron chi connectivity index (χ1n) is 30.0. The molecule has 0 aliphatic heterocycles. The monoisotopic (exact) mass is 1010 g/mol. The standard InChI is InChI=1S/C67H110O6/c1-4-7-10-13-16-19-22-25-28-31-33-36-39-42-45-48-51-54-57-60-66(69)72-63-64(62-71-65(68)59-56-53-50-47-44-41-38-35-30-27-24-21-18-15-12-9-6-3)73-67(70)61-58-55-52-49-46-43-40-37-34-32-29-26-23-20-17-14-11-8-5-2/h9,12,17-18,20-21,26-27,29-30,34,37-38,41,43,46-47,50,52,55,64H,4-8,10-11,13-16,19,22-25,28,31-33,35-36,39-40,42,44-45,48-49,51,53-54,56-63H2,1-3H3/b12-9-,20-17-,21-18-,29-26-,30-27-,37-34-,41-38-,46-43-,50-47-,55-52-/t64-/m1/s1. The van der Waals surface area contributed by atoms with Crippen LogP contribution >= 0.6 is 0 Å². The second-order valence-corrected chi connectivity index (χ2v) is 19.5. The molecule has 73 heavy (non-hydrogen) atoms. The highest BCUT2D eigenvalue weighted by molar-refractivity contribution is 5.71. The van der Waals surface area contributed by atoms with Gasteiger partial charge in [0.25, 0.3) is 0 Å². The summed E-state index contributed by atoms with van der Waals surface area (Å²) >= 11 is 0. The highest BCUT2D eigenvalue weighted by atomic mass is 16.6. The molecule has 0 aliphatic rings. The van der Waals surface area contributed by atoms with Gasteiger partial charge in [0.2, 0.25) is 0 Å². The Morgan fingerprint density at radius 1 is 0.288 bits per heavy atom. The Kier molecular flexibility index (Phi) is 56.9. The van der Waals surface area contributed by atoms with Crippen LogP contribution in [0.1, 0.15) is 265 Å². The molecule has 0 saturated heterocycles. The van der Waals surface area contributed by atoms with Crippen LogP contribution in [0.5, 0.6) is 0 Å². The molecule has 0 aromatic rings. The van der Waals surface area contributed by atoms with Gasteiger partial charge in [-0.1, -0.05) is 271 Å². The van der Waals surface area contributed by atoms with Crippen LogP contribution < -0.4 is 0 Å². The first-order valence-corrected chi connectivity index (χ1v) is 30.0. The van der Waals surface area contributed by atoms with Gasteiger partial charge >= 0.3 is 17.9 Å². The largest absolute Gasteiger partial charge is 0.462 e. The Bertz CT molecular complexity index is 1540. The van der Waals surface area contributed by atoms with Crippen LogP contribution in [0.4, 0.5) is 0 Å². The third-order valence-electron chi connectivity index (χ3n) is 12.5. The van der Waals surface area contributed by atoms with Crippen LogP contribution in [0.3, 0.4) is 0 Å². The fraction of sp³-hybridized carbons (Fsp3) is 0.657. The van der Waals surface area contributed by atoms with Crippen molar-refractivity contribution in [2.45, 2.75) is 271 Å². The third kappa shape index (κ3) is 58.6. The quantitative estimate of drug-likeness (QED) is 0.0261. The summed E-state index contributed by atoms with van der Waals surface area (Å²) in [6, 6.07) is 0. The van der Waals surface area contributed by atoms with Gasteiger partial charge in [-0.2, -0.15) is 0 Å². The van der Waals surface area contributed by atoms with Crippen LogP contribution in [-0.2, 0) is 28.6 Å². The Morgan fingerprint density at radius 3 is 0.945 bits per heavy atom. The molecule has 0 saturated carbocycles. The van der Waals surface area contributed by atoms with Crippen molar-refractivity contribution in [3.63, 3.8) is 0 Å². The summed E-state index contributed by atoms with van der Waals surface area (Å²) in [4.78, 5) is 38.2. The molecule has 1 atom stereocenters. The number of carbonyl (C=O) groups is 3. The highest BCUT2D eigenvalue weighted by Crippen LogP contribution is 2.16. The molecule has 0 bridgehead atoms. The number of unbranched alkanes of at least 4 members (excludes halogenated alkanes) is 22. The van der Waals surface area contributed by atoms with E-state index in [0.29, 0.717) is 19.3 Å². The van der Waals surface area contributed by atoms with Crippen molar-refractivity contribution in [2.24, 2.45) is 0 Å². The SMILES string of the molecule is CC/C=C\C/C=C\C/C=C\C/C=C\C/C=C\CCCC(=O)OC[C@H](COC(=O)CCCCCCCCCCCCCCCCCCCCC)OC(=O)CC/C=C\C/C=C\C/C=C\C/C=C\C/C=C\CCCCC. The number of ether oxygens (including phenoxy) is 3. The fourth-order valence-electron chi connectivity index (χ4n) is 7.99. The summed E-state index contributed by atoms with van der Waals surface area (Å²) in [5, 5.41) is 0. The minimum absolute atomic E-state index is 0.126. The molecule has 0 aromatic carbocycles. The molecule has 0 heterocycles. The predicted octanol–water partition coefficient (Wildman–Crippen LogP) is 20.4. The lowest BCUT2D eigenvalue weighted by molar-refractivity contribution is -0.166. The summed E-state index contributed by atoms with van der Waals surface area (Å²) in [6.45, 7) is 6.40. The van der Waals surface area contributed by atoms with E-state index in [2.05, 4.69) is 130 Å². The first kappa shape index (κ1) is 68.8. The molecule has 0 rings (SSSR count). The Balaban J connectivity index is 4.56. The highest BCUT2D eigenvalue weighted by Gasteiger charge is 2.19. The molecule has 0 N–H and O–H groups in total. The van der Waals surface area contributed by atoms with Gasteiger partial charge in [0, 0.05) is 19.3 Å². The molecular formula is C67H110O6. The van der Waals surface area contributed by atoms with E-state index in [1.54, 1.807) is 0 Å². The van der Waals surface area contributed by atoms with E-state index in [-0.39, 0.29) is 38.0 Å². The van der Waals surface area contributed by atoms with E-state index >= 15 is 0 Å². The smallest absolute Gasteiger partial charge is 0.306 e. The number of esters is 3. The van der Waals surface area contributed by atoms with Gasteiger partial charge in [-0.15, -0.1) is 0 Å². The molecule has 0 fully saturated rings. The molecule has 0 aliphatic carbocycles. The predicted molar refractivity (Wildman–Crippen MR) is 316 cm³/mol. The summed E-state index contributed by atoms with van der Waals surface area (Å²) in [5.41, 5.74) is 0. The second kappa shape index (κ2) is 60.4. The van der Waals surface area contributed by atoms with Gasteiger partial charge in [-0.05, 0) is 96.3 Å². The normalized spacial score (nSPS) is 13.0. The van der Waals surface area contributed by atoms with E-state index in [4.69, 9.17) is 14.2 Å². The zero-order valence-corrected chi connectivity index (χ0v) is 47.4. The molecule has 6 heteroatoms. The Morgan fingerprint density at radius 2 is 0.575 bits per heavy atom. The third-order valence-corrected chi connectivity index (χ3v) is 12.5. The summed E-state index contributed by atoms with van der Waals surface area (Å²) < 4.78 is 16.8. The molecular weight excluding hydrogens is 901 g/mol. The van der Waals surface area contributed by atoms with E-state index in [9.17, 15) is 14.4 Å². The average molecular weight is 1010 g/mol. The van der Waals surface area contributed by atoms with Crippen molar-refractivity contribution in [2.75, 3.05) is 13.2 Å². The van der Waals surface area contributed by atoms with E-state index in [0.717, 1.165) is 83.5 Å². The van der Waals surface area contributed by atoms with Gasteiger partial charge in [-0.3, -0.25) is 14.4 Å². The van der Waals surface area contributed by atoms with Gasteiger partial charge in [0.15, 0.2) is 6.10 Å². The van der Waals surface area contributed by atoms with Crippen molar-refractivity contribution < 1.29 is 28.6 Å². The summed E-state index contributed by atoms with van der Waals surface area (Å²) in [5.74, 6) is -1.07. The minimum Gasteiger partial charge on any atom is -0.462 e. The Labute approximate surface area is 450 Å². The van der Waals surface area contributed by atoms with Gasteiger partial charge in [0.05, 0.1) is 0 Å². The van der Waals surface area contributed by atoms with Crippen LogP contribution in [0.15, 0.2) is 122 Å². The van der Waals surface area contributed by atoms with E-state index in [1.165, 1.54) is 128 Å². The Hall–Kier alpha value is -4.19. The van der Waals surface area contributed by atoms with Crippen LogP contribution in [0, 0.1) is 0 Å². The molecule has 0 amide bonds. The number of hydrogen-bond acceptors (Lipinski definition) is 6. The van der Waals surface area contributed by atoms with Crippen LogP contribution in [-0.4, -0.2) is 37.2 Å². The minimum atomic E-state index is -0.843. The molecule has 0 unspecified atom stereocenters. The average Bonchev–Trinajstić information content (AvgIpc) is 3.39. The van der Waals surface area contributed by atoms with Crippen LogP contribution in [0.2, 0.25) is 0 Å². The van der Waals surface area contributed by atoms with Gasteiger partial charge in [-0.25, -0.2) is 0 Å². The van der Waals surface area contributed by atoms with E-state index < -0.39 is 12.1 Å². The topological polar surface area (TPSA) is 78.9 Å². The van der Waals surface area contributed by atoms with E-state index in [1.807, 2.05) is 12.2 Å². The summed E-state index contributed by atoms with van der Waals surface area (Å²) in [6.07, 6.45) is 83.6. The van der Waals surface area contributed by atoms with Crippen molar-refractivity contribution in [1.29, 1.82) is 0 Å². The lowest BCUT2D eigenvalue weighted by Gasteiger charge is -2.18. The fourth-order valence-corrected chi connectivity index (χ4v) is 7.99.